The lowest BCUT2D eigenvalue weighted by atomic mass is 10.2. The fourth-order valence-corrected chi connectivity index (χ4v) is 4.36. The largest absolute Gasteiger partial charge is 0.355 e. The lowest BCUT2D eigenvalue weighted by molar-refractivity contribution is 0.716. The van der Waals surface area contributed by atoms with Gasteiger partial charge in [0.05, 0.1) is 6.54 Å². The number of hydrogen-bond acceptors (Lipinski definition) is 5. The van der Waals surface area contributed by atoms with Gasteiger partial charge in [-0.1, -0.05) is 6.07 Å². The van der Waals surface area contributed by atoms with Crippen LogP contribution in [0.4, 0.5) is 0 Å². The molecule has 0 radical (unpaired) electrons. The second-order valence-electron chi connectivity index (χ2n) is 5.84. The number of nitrogens with one attached hydrogen (secondary N) is 2. The normalized spacial score (nSPS) is 17.4. The maximum atomic E-state index is 4.70. The molecule has 1 atom stereocenters. The summed E-state index contributed by atoms with van der Waals surface area (Å²) < 4.78 is 1.98. The Labute approximate surface area is 174 Å². The van der Waals surface area contributed by atoms with Gasteiger partial charge in [0.15, 0.2) is 11.8 Å². The number of nitrogens with zero attached hydrogens (tertiary/aromatic N) is 4. The quantitative estimate of drug-likeness (QED) is 0.369. The average Bonchev–Trinajstić information content (AvgIpc) is 3.33. The number of aromatic nitrogens is 3. The van der Waals surface area contributed by atoms with Crippen molar-refractivity contribution in [3.63, 3.8) is 0 Å². The van der Waals surface area contributed by atoms with Crippen LogP contribution in [0.5, 0.6) is 0 Å². The van der Waals surface area contributed by atoms with Gasteiger partial charge in [0, 0.05) is 23.7 Å². The van der Waals surface area contributed by atoms with E-state index in [4.69, 9.17) is 4.99 Å². The summed E-state index contributed by atoms with van der Waals surface area (Å²) in [6.45, 7) is 4.22. The fraction of sp³-hybridized carbons (Fsp3) is 0.562. The van der Waals surface area contributed by atoms with Crippen molar-refractivity contribution in [2.75, 3.05) is 12.3 Å². The Hall–Kier alpha value is -0.810. The predicted molar refractivity (Wildman–Crippen MR) is 117 cm³/mol. The Kier molecular flexibility index (Phi) is 8.50. The average molecular weight is 492 g/mol. The van der Waals surface area contributed by atoms with Gasteiger partial charge in [0.25, 0.3) is 0 Å². The fourth-order valence-electron chi connectivity index (χ4n) is 2.51. The van der Waals surface area contributed by atoms with Gasteiger partial charge in [-0.05, 0) is 37.0 Å². The highest BCUT2D eigenvalue weighted by Crippen LogP contribution is 2.25. The Morgan fingerprint density at radius 1 is 1.40 bits per heavy atom. The van der Waals surface area contributed by atoms with Crippen molar-refractivity contribution in [2.45, 2.75) is 38.1 Å². The molecule has 3 heterocycles. The summed E-state index contributed by atoms with van der Waals surface area (Å²) in [7, 11) is 1.97. The third-order valence-electron chi connectivity index (χ3n) is 4.09. The Morgan fingerprint density at radius 3 is 2.92 bits per heavy atom. The molecule has 0 aromatic carbocycles. The Morgan fingerprint density at radius 2 is 2.28 bits per heavy atom. The van der Waals surface area contributed by atoms with Crippen molar-refractivity contribution < 1.29 is 0 Å². The van der Waals surface area contributed by atoms with E-state index >= 15 is 0 Å². The molecule has 0 saturated carbocycles. The number of thiophene rings is 1. The minimum absolute atomic E-state index is 0. The minimum atomic E-state index is 0. The van der Waals surface area contributed by atoms with E-state index in [-0.39, 0.29) is 24.0 Å². The van der Waals surface area contributed by atoms with Gasteiger partial charge in [-0.2, -0.15) is 11.8 Å². The van der Waals surface area contributed by atoms with Crippen molar-refractivity contribution >= 4 is 53.0 Å². The van der Waals surface area contributed by atoms with Crippen LogP contribution < -0.4 is 10.6 Å². The summed E-state index contributed by atoms with van der Waals surface area (Å²) in [4.78, 5) is 6.00. The molecule has 2 aromatic rings. The molecule has 25 heavy (non-hydrogen) atoms. The van der Waals surface area contributed by atoms with E-state index in [0.717, 1.165) is 30.7 Å². The monoisotopic (exact) mass is 492 g/mol. The molecule has 6 nitrogen and oxygen atoms in total. The van der Waals surface area contributed by atoms with Gasteiger partial charge in [-0.25, -0.2) is 4.99 Å². The van der Waals surface area contributed by atoms with Gasteiger partial charge in [0.2, 0.25) is 0 Å². The van der Waals surface area contributed by atoms with Crippen molar-refractivity contribution in [2.24, 2.45) is 12.0 Å². The lowest BCUT2D eigenvalue weighted by Crippen LogP contribution is -2.39. The zero-order valence-corrected chi connectivity index (χ0v) is 18.5. The van der Waals surface area contributed by atoms with E-state index in [0.29, 0.717) is 11.8 Å². The summed E-state index contributed by atoms with van der Waals surface area (Å²) in [5.41, 5.74) is 0. The molecule has 0 spiro atoms. The predicted octanol–water partition coefficient (Wildman–Crippen LogP) is 2.93. The maximum absolute atomic E-state index is 4.70. The van der Waals surface area contributed by atoms with Gasteiger partial charge in [-0.3, -0.25) is 0 Å². The molecule has 0 bridgehead atoms. The van der Waals surface area contributed by atoms with Gasteiger partial charge in [0.1, 0.15) is 12.4 Å². The molecule has 2 N–H and O–H groups in total. The molecule has 1 fully saturated rings. The molecule has 2 aromatic heterocycles. The lowest BCUT2D eigenvalue weighted by Gasteiger charge is -2.15. The number of rotatable bonds is 6. The van der Waals surface area contributed by atoms with Crippen LogP contribution in [-0.2, 0) is 20.1 Å². The highest BCUT2D eigenvalue weighted by molar-refractivity contribution is 14.0. The highest BCUT2D eigenvalue weighted by Gasteiger charge is 2.15. The van der Waals surface area contributed by atoms with E-state index in [1.807, 2.05) is 18.5 Å². The number of hydrogen-bond donors (Lipinski definition) is 2. The molecule has 1 aliphatic rings. The zero-order valence-electron chi connectivity index (χ0n) is 14.6. The summed E-state index contributed by atoms with van der Waals surface area (Å²) in [6.07, 6.45) is 2.61. The topological polar surface area (TPSA) is 67.1 Å². The Bertz CT molecular complexity index is 664. The molecule has 1 unspecified atom stereocenters. The number of aliphatic imine (C=N–C) groups is 1. The summed E-state index contributed by atoms with van der Waals surface area (Å²) >= 11 is 3.80. The number of halogens is 1. The van der Waals surface area contributed by atoms with Crippen LogP contribution in [0, 0.1) is 6.92 Å². The molecule has 0 aliphatic carbocycles. The van der Waals surface area contributed by atoms with E-state index in [1.54, 1.807) is 11.3 Å². The minimum Gasteiger partial charge on any atom is -0.355 e. The third kappa shape index (κ3) is 6.14. The third-order valence-corrected chi connectivity index (χ3v) is 6.37. The first-order chi connectivity index (χ1) is 11.7. The van der Waals surface area contributed by atoms with Crippen molar-refractivity contribution in [1.82, 2.24) is 25.4 Å². The van der Waals surface area contributed by atoms with Gasteiger partial charge < -0.3 is 15.2 Å². The van der Waals surface area contributed by atoms with Crippen molar-refractivity contribution in [3.05, 3.63) is 34.0 Å². The molecule has 138 valence electrons. The molecule has 3 rings (SSSR count). The van der Waals surface area contributed by atoms with Crippen LogP contribution >= 0.6 is 47.1 Å². The number of thioether (sulfide) groups is 1. The first kappa shape index (κ1) is 20.5. The van der Waals surface area contributed by atoms with E-state index in [9.17, 15) is 0 Å². The highest BCUT2D eigenvalue weighted by atomic mass is 127. The number of aryl methyl sites for hydroxylation is 1. The smallest absolute Gasteiger partial charge is 0.192 e. The summed E-state index contributed by atoms with van der Waals surface area (Å²) in [5.74, 6) is 3.90. The van der Waals surface area contributed by atoms with Gasteiger partial charge in [-0.15, -0.1) is 45.5 Å². The Balaban J connectivity index is 0.00000225. The van der Waals surface area contributed by atoms with Crippen LogP contribution in [0.2, 0.25) is 0 Å². The molecule has 9 heteroatoms. The zero-order chi connectivity index (χ0) is 16.8. The van der Waals surface area contributed by atoms with Crippen LogP contribution in [-0.4, -0.2) is 38.3 Å². The molecular weight excluding hydrogens is 467 g/mol. The second kappa shape index (κ2) is 10.4. The van der Waals surface area contributed by atoms with Crippen LogP contribution in [0.3, 0.4) is 0 Å². The van der Waals surface area contributed by atoms with E-state index in [2.05, 4.69) is 50.1 Å². The van der Waals surface area contributed by atoms with Crippen LogP contribution in [0.25, 0.3) is 0 Å². The molecule has 1 aliphatic heterocycles. The van der Waals surface area contributed by atoms with Crippen LogP contribution in [0.15, 0.2) is 22.5 Å². The van der Waals surface area contributed by atoms with Gasteiger partial charge >= 0.3 is 0 Å². The molecular formula is C16H25IN6S2. The first-order valence-corrected chi connectivity index (χ1v) is 10.2. The maximum Gasteiger partial charge on any atom is 0.192 e. The first-order valence-electron chi connectivity index (χ1n) is 8.23. The molecule has 1 saturated heterocycles. The molecule has 0 amide bonds. The van der Waals surface area contributed by atoms with Crippen LogP contribution in [0.1, 0.15) is 29.4 Å². The standard InChI is InChI=1S/C16H24N6S2.HI/c1-12-20-21-15(22(12)2)11-19-16(17-9-13-5-3-7-23-13)18-10-14-6-4-8-24-14;/h3,5,7,14H,4,6,8-11H2,1-2H3,(H2,17,18,19);1H. The summed E-state index contributed by atoms with van der Waals surface area (Å²) in [6, 6.07) is 4.21. The van der Waals surface area contributed by atoms with E-state index < -0.39 is 0 Å². The summed E-state index contributed by atoms with van der Waals surface area (Å²) in [5, 5.41) is 18.0. The second-order valence-corrected chi connectivity index (χ2v) is 8.28. The SMILES string of the molecule is Cc1nnc(CN=C(NCc2cccs2)NCC2CCCS2)n1C.I. The van der Waals surface area contributed by atoms with Crippen molar-refractivity contribution in [1.29, 1.82) is 0 Å². The van der Waals surface area contributed by atoms with E-state index in [1.165, 1.54) is 23.5 Å². The van der Waals surface area contributed by atoms with Crippen molar-refractivity contribution in [3.8, 4) is 0 Å². The number of guanidine groups is 1.